The molecule has 0 saturated carbocycles. The third-order valence-electron chi connectivity index (χ3n) is 3.43. The van der Waals surface area contributed by atoms with Gasteiger partial charge in [0, 0.05) is 13.0 Å². The number of benzene rings is 2. The highest BCUT2D eigenvalue weighted by Crippen LogP contribution is 2.22. The second-order valence-corrected chi connectivity index (χ2v) is 6.23. The first kappa shape index (κ1) is 14.2. The molecule has 0 aliphatic rings. The van der Waals surface area contributed by atoms with Crippen LogP contribution in [-0.4, -0.2) is 16.7 Å². The monoisotopic (exact) mass is 297 g/mol. The van der Waals surface area contributed by atoms with Crippen LogP contribution in [0.4, 0.5) is 0 Å². The number of hydrogen-bond acceptors (Lipinski definition) is 4. The van der Waals surface area contributed by atoms with E-state index in [1.165, 1.54) is 16.3 Å². The molecule has 0 saturated heterocycles. The summed E-state index contributed by atoms with van der Waals surface area (Å²) in [4.78, 5) is 0. The van der Waals surface area contributed by atoms with Gasteiger partial charge in [-0.2, -0.15) is 0 Å². The van der Waals surface area contributed by atoms with Crippen molar-refractivity contribution in [3.63, 3.8) is 0 Å². The van der Waals surface area contributed by atoms with Crippen LogP contribution in [0.2, 0.25) is 0 Å². The Morgan fingerprint density at radius 1 is 1.00 bits per heavy atom. The summed E-state index contributed by atoms with van der Waals surface area (Å²) in [5.41, 5.74) is 1.32. The number of nitrogens with zero attached hydrogens (tertiary/aromatic N) is 2. The first-order valence-electron chi connectivity index (χ1n) is 7.35. The molecule has 108 valence electrons. The standard InChI is InChI=1S/C17H19N3S/c1-2-10-18-12-17-20-19-16(21-17)11-14-8-5-7-13-6-3-4-9-15(13)14/h3-9,18H,2,10-12H2,1H3. The summed E-state index contributed by atoms with van der Waals surface area (Å²) in [5.74, 6) is 0. The third kappa shape index (κ3) is 3.46. The summed E-state index contributed by atoms with van der Waals surface area (Å²) in [6.45, 7) is 4.01. The largest absolute Gasteiger partial charge is 0.310 e. The summed E-state index contributed by atoms with van der Waals surface area (Å²) in [7, 11) is 0. The van der Waals surface area contributed by atoms with E-state index in [1.807, 2.05) is 0 Å². The van der Waals surface area contributed by atoms with Gasteiger partial charge in [-0.25, -0.2) is 0 Å². The maximum Gasteiger partial charge on any atom is 0.131 e. The highest BCUT2D eigenvalue weighted by molar-refractivity contribution is 7.11. The van der Waals surface area contributed by atoms with E-state index in [1.54, 1.807) is 11.3 Å². The van der Waals surface area contributed by atoms with Crippen molar-refractivity contribution in [1.82, 2.24) is 15.5 Å². The molecule has 0 amide bonds. The summed E-state index contributed by atoms with van der Waals surface area (Å²) < 4.78 is 0. The van der Waals surface area contributed by atoms with Crippen molar-refractivity contribution in [1.29, 1.82) is 0 Å². The summed E-state index contributed by atoms with van der Waals surface area (Å²) in [5, 5.41) is 16.7. The quantitative estimate of drug-likeness (QED) is 0.704. The Hall–Kier alpha value is -1.78. The number of aromatic nitrogens is 2. The predicted molar refractivity (Wildman–Crippen MR) is 88.7 cm³/mol. The van der Waals surface area contributed by atoms with E-state index in [9.17, 15) is 0 Å². The van der Waals surface area contributed by atoms with Gasteiger partial charge in [0.1, 0.15) is 10.0 Å². The van der Waals surface area contributed by atoms with Gasteiger partial charge in [-0.05, 0) is 29.3 Å². The van der Waals surface area contributed by atoms with E-state index in [4.69, 9.17) is 0 Å². The molecule has 3 nitrogen and oxygen atoms in total. The number of nitrogens with one attached hydrogen (secondary N) is 1. The molecule has 2 aromatic carbocycles. The number of fused-ring (bicyclic) bond motifs is 1. The predicted octanol–water partition coefficient (Wildman–Crippen LogP) is 3.78. The second kappa shape index (κ2) is 6.78. The van der Waals surface area contributed by atoms with Crippen molar-refractivity contribution >= 4 is 22.1 Å². The van der Waals surface area contributed by atoms with Gasteiger partial charge in [-0.3, -0.25) is 0 Å². The number of hydrogen-bond donors (Lipinski definition) is 1. The Balaban J connectivity index is 1.76. The first-order valence-corrected chi connectivity index (χ1v) is 8.17. The lowest BCUT2D eigenvalue weighted by molar-refractivity contribution is 0.668. The molecule has 3 aromatic rings. The number of rotatable bonds is 6. The van der Waals surface area contributed by atoms with Gasteiger partial charge < -0.3 is 5.32 Å². The second-order valence-electron chi connectivity index (χ2n) is 5.08. The van der Waals surface area contributed by atoms with Gasteiger partial charge >= 0.3 is 0 Å². The molecule has 3 rings (SSSR count). The van der Waals surface area contributed by atoms with Crippen LogP contribution in [-0.2, 0) is 13.0 Å². The molecule has 1 aromatic heterocycles. The van der Waals surface area contributed by atoms with Crippen LogP contribution in [0, 0.1) is 0 Å². The fourth-order valence-electron chi connectivity index (χ4n) is 2.41. The van der Waals surface area contributed by atoms with E-state index in [0.717, 1.165) is 35.9 Å². The molecule has 0 aliphatic carbocycles. The molecular weight excluding hydrogens is 278 g/mol. The highest BCUT2D eigenvalue weighted by Gasteiger charge is 2.07. The van der Waals surface area contributed by atoms with Crippen molar-refractivity contribution in [2.45, 2.75) is 26.3 Å². The van der Waals surface area contributed by atoms with Crippen LogP contribution in [0.5, 0.6) is 0 Å². The lowest BCUT2D eigenvalue weighted by Gasteiger charge is -2.04. The van der Waals surface area contributed by atoms with Gasteiger partial charge in [0.2, 0.25) is 0 Å². The smallest absolute Gasteiger partial charge is 0.131 e. The Morgan fingerprint density at radius 3 is 2.71 bits per heavy atom. The first-order chi connectivity index (χ1) is 10.4. The SMILES string of the molecule is CCCNCc1nnc(Cc2cccc3ccccc23)s1. The molecule has 0 spiro atoms. The Labute approximate surface area is 129 Å². The molecule has 1 heterocycles. The van der Waals surface area contributed by atoms with E-state index < -0.39 is 0 Å². The minimum atomic E-state index is 0.820. The molecule has 0 atom stereocenters. The average Bonchev–Trinajstić information content (AvgIpc) is 2.96. The highest BCUT2D eigenvalue weighted by atomic mass is 32.1. The maximum atomic E-state index is 4.33. The van der Waals surface area contributed by atoms with E-state index in [2.05, 4.69) is 64.9 Å². The molecule has 0 unspecified atom stereocenters. The molecule has 0 fully saturated rings. The molecule has 0 radical (unpaired) electrons. The van der Waals surface area contributed by atoms with Crippen LogP contribution in [0.3, 0.4) is 0 Å². The lowest BCUT2D eigenvalue weighted by atomic mass is 10.0. The summed E-state index contributed by atoms with van der Waals surface area (Å²) in [6.07, 6.45) is 1.99. The van der Waals surface area contributed by atoms with Crippen molar-refractivity contribution < 1.29 is 0 Å². The third-order valence-corrected chi connectivity index (χ3v) is 4.36. The van der Waals surface area contributed by atoms with Gasteiger partial charge in [0.15, 0.2) is 0 Å². The summed E-state index contributed by atoms with van der Waals surface area (Å²) in [6, 6.07) is 14.9. The van der Waals surface area contributed by atoms with E-state index in [-0.39, 0.29) is 0 Å². The van der Waals surface area contributed by atoms with Crippen molar-refractivity contribution in [3.05, 3.63) is 58.0 Å². The summed E-state index contributed by atoms with van der Waals surface area (Å²) >= 11 is 1.70. The minimum absolute atomic E-state index is 0.820. The van der Waals surface area contributed by atoms with Gasteiger partial charge in [-0.1, -0.05) is 60.7 Å². The van der Waals surface area contributed by atoms with Crippen molar-refractivity contribution in [2.75, 3.05) is 6.54 Å². The molecule has 4 heteroatoms. The topological polar surface area (TPSA) is 37.8 Å². The Morgan fingerprint density at radius 2 is 1.81 bits per heavy atom. The lowest BCUT2D eigenvalue weighted by Crippen LogP contribution is -2.13. The average molecular weight is 297 g/mol. The fraction of sp³-hybridized carbons (Fsp3) is 0.294. The Kier molecular flexibility index (Phi) is 4.58. The molecule has 0 bridgehead atoms. The van der Waals surface area contributed by atoms with Crippen LogP contribution >= 0.6 is 11.3 Å². The zero-order valence-electron chi connectivity index (χ0n) is 12.2. The van der Waals surface area contributed by atoms with Crippen LogP contribution in [0.15, 0.2) is 42.5 Å². The zero-order chi connectivity index (χ0) is 14.5. The minimum Gasteiger partial charge on any atom is -0.310 e. The molecular formula is C17H19N3S. The Bertz CT molecular complexity index is 715. The van der Waals surface area contributed by atoms with E-state index in [0.29, 0.717) is 0 Å². The van der Waals surface area contributed by atoms with E-state index >= 15 is 0 Å². The van der Waals surface area contributed by atoms with Gasteiger partial charge in [-0.15, -0.1) is 10.2 Å². The molecule has 21 heavy (non-hydrogen) atoms. The maximum absolute atomic E-state index is 4.33. The zero-order valence-corrected chi connectivity index (χ0v) is 13.0. The van der Waals surface area contributed by atoms with Crippen LogP contribution in [0.1, 0.15) is 28.9 Å². The molecule has 1 N–H and O–H groups in total. The van der Waals surface area contributed by atoms with Crippen molar-refractivity contribution in [3.8, 4) is 0 Å². The fourth-order valence-corrected chi connectivity index (χ4v) is 3.25. The van der Waals surface area contributed by atoms with Gasteiger partial charge in [0.05, 0.1) is 0 Å². The van der Waals surface area contributed by atoms with Crippen molar-refractivity contribution in [2.24, 2.45) is 0 Å². The molecule has 0 aliphatic heterocycles. The normalized spacial score (nSPS) is 11.1. The van der Waals surface area contributed by atoms with Crippen LogP contribution < -0.4 is 5.32 Å². The van der Waals surface area contributed by atoms with Crippen LogP contribution in [0.25, 0.3) is 10.8 Å². The van der Waals surface area contributed by atoms with Gasteiger partial charge in [0.25, 0.3) is 0 Å².